The van der Waals surface area contributed by atoms with Crippen molar-refractivity contribution < 1.29 is 14.3 Å². The lowest BCUT2D eigenvalue weighted by Crippen LogP contribution is -2.58. The quantitative estimate of drug-likeness (QED) is 0.841. The largest absolute Gasteiger partial charge is 0.507 e. The van der Waals surface area contributed by atoms with Crippen LogP contribution in [-0.2, 0) is 0 Å². The molecule has 104 valence electrons. The molecule has 1 heterocycles. The van der Waals surface area contributed by atoms with Crippen LogP contribution in [-0.4, -0.2) is 53.0 Å². The summed E-state index contributed by atoms with van der Waals surface area (Å²) < 4.78 is 13.7. The van der Waals surface area contributed by atoms with Crippen molar-refractivity contribution in [2.45, 2.75) is 19.4 Å². The van der Waals surface area contributed by atoms with E-state index in [2.05, 4.69) is 4.90 Å². The number of amides is 1. The van der Waals surface area contributed by atoms with Crippen molar-refractivity contribution in [3.8, 4) is 5.75 Å². The van der Waals surface area contributed by atoms with Crippen LogP contribution < -0.4 is 0 Å². The Hall–Kier alpha value is -1.62. The molecule has 1 aromatic carbocycles. The van der Waals surface area contributed by atoms with Gasteiger partial charge in [-0.1, -0.05) is 6.07 Å². The van der Waals surface area contributed by atoms with Crippen LogP contribution in [0.4, 0.5) is 4.39 Å². The fourth-order valence-corrected chi connectivity index (χ4v) is 2.30. The van der Waals surface area contributed by atoms with Gasteiger partial charge in [0, 0.05) is 25.2 Å². The molecular formula is C14H19FN2O2. The second kappa shape index (κ2) is 4.81. The fraction of sp³-hybridized carbons (Fsp3) is 0.500. The standard InChI is InChI=1S/C14H19FN2O2/c1-14(2)9-17(8-7-16(14)3)13(19)12-10(15)5-4-6-11(12)18/h4-6,18H,7-9H2,1-3H3. The van der Waals surface area contributed by atoms with Gasteiger partial charge in [0.15, 0.2) is 0 Å². The molecule has 4 nitrogen and oxygen atoms in total. The molecule has 0 saturated carbocycles. The van der Waals surface area contributed by atoms with Crippen molar-refractivity contribution in [2.75, 3.05) is 26.7 Å². The summed E-state index contributed by atoms with van der Waals surface area (Å²) in [6.45, 7) is 5.85. The van der Waals surface area contributed by atoms with Crippen molar-refractivity contribution in [1.82, 2.24) is 9.80 Å². The highest BCUT2D eigenvalue weighted by atomic mass is 19.1. The Balaban J connectivity index is 2.26. The van der Waals surface area contributed by atoms with E-state index in [9.17, 15) is 14.3 Å². The lowest BCUT2D eigenvalue weighted by atomic mass is 9.99. The van der Waals surface area contributed by atoms with Gasteiger partial charge in [0.05, 0.1) is 0 Å². The maximum Gasteiger partial charge on any atom is 0.260 e. The van der Waals surface area contributed by atoms with E-state index in [1.165, 1.54) is 18.2 Å². The molecule has 1 N–H and O–H groups in total. The molecule has 0 unspecified atom stereocenters. The van der Waals surface area contributed by atoms with Crippen molar-refractivity contribution in [1.29, 1.82) is 0 Å². The smallest absolute Gasteiger partial charge is 0.260 e. The van der Waals surface area contributed by atoms with Gasteiger partial charge >= 0.3 is 0 Å². The molecule has 1 aliphatic heterocycles. The molecule has 5 heteroatoms. The minimum absolute atomic E-state index is 0.158. The molecule has 1 aliphatic rings. The number of benzene rings is 1. The Morgan fingerprint density at radius 2 is 2.05 bits per heavy atom. The van der Waals surface area contributed by atoms with Crippen LogP contribution in [0, 0.1) is 5.82 Å². The van der Waals surface area contributed by atoms with Crippen molar-refractivity contribution in [3.63, 3.8) is 0 Å². The van der Waals surface area contributed by atoms with Crippen LogP contribution >= 0.6 is 0 Å². The van der Waals surface area contributed by atoms with E-state index in [0.29, 0.717) is 13.1 Å². The molecule has 0 bridgehead atoms. The first-order valence-electron chi connectivity index (χ1n) is 6.31. The maximum absolute atomic E-state index is 13.7. The Kier molecular flexibility index (Phi) is 3.49. The summed E-state index contributed by atoms with van der Waals surface area (Å²) >= 11 is 0. The molecule has 0 spiro atoms. The first-order chi connectivity index (χ1) is 8.83. The number of piperazine rings is 1. The lowest BCUT2D eigenvalue weighted by Gasteiger charge is -2.45. The van der Waals surface area contributed by atoms with E-state index < -0.39 is 11.7 Å². The molecule has 1 aromatic rings. The van der Waals surface area contributed by atoms with Gasteiger partial charge in [-0.2, -0.15) is 0 Å². The van der Waals surface area contributed by atoms with Gasteiger partial charge in [-0.15, -0.1) is 0 Å². The van der Waals surface area contributed by atoms with Crippen LogP contribution in [0.25, 0.3) is 0 Å². The second-order valence-corrected chi connectivity index (χ2v) is 5.59. The van der Waals surface area contributed by atoms with Crippen molar-refractivity contribution in [2.24, 2.45) is 0 Å². The minimum Gasteiger partial charge on any atom is -0.507 e. The number of likely N-dealkylation sites (N-methyl/N-ethyl adjacent to an activating group) is 1. The van der Waals surface area contributed by atoms with E-state index >= 15 is 0 Å². The number of rotatable bonds is 1. The van der Waals surface area contributed by atoms with Gasteiger partial charge < -0.3 is 10.0 Å². The Morgan fingerprint density at radius 3 is 2.63 bits per heavy atom. The first-order valence-corrected chi connectivity index (χ1v) is 6.31. The summed E-state index contributed by atoms with van der Waals surface area (Å²) in [6, 6.07) is 3.90. The number of hydrogen-bond acceptors (Lipinski definition) is 3. The van der Waals surface area contributed by atoms with E-state index in [0.717, 1.165) is 6.54 Å². The van der Waals surface area contributed by atoms with Crippen LogP contribution in [0.5, 0.6) is 5.75 Å². The SMILES string of the molecule is CN1CCN(C(=O)c2c(O)cccc2F)CC1(C)C. The first kappa shape index (κ1) is 13.8. The predicted molar refractivity (Wildman–Crippen MR) is 70.7 cm³/mol. The molecule has 0 aromatic heterocycles. The summed E-state index contributed by atoms with van der Waals surface area (Å²) in [7, 11) is 2.00. The van der Waals surface area contributed by atoms with Crippen molar-refractivity contribution in [3.05, 3.63) is 29.6 Å². The number of hydrogen-bond donors (Lipinski definition) is 1. The van der Waals surface area contributed by atoms with Crippen LogP contribution in [0.3, 0.4) is 0 Å². The molecule has 1 fully saturated rings. The Bertz CT molecular complexity index is 482. The number of carbonyl (C=O) groups excluding carboxylic acids is 1. The zero-order valence-electron chi connectivity index (χ0n) is 11.5. The van der Waals surface area contributed by atoms with Crippen molar-refractivity contribution >= 4 is 5.91 Å². The third-order valence-electron chi connectivity index (χ3n) is 3.81. The maximum atomic E-state index is 13.7. The molecule has 19 heavy (non-hydrogen) atoms. The highest BCUT2D eigenvalue weighted by Crippen LogP contribution is 2.25. The molecule has 0 atom stereocenters. The third kappa shape index (κ3) is 2.56. The summed E-state index contributed by atoms with van der Waals surface area (Å²) in [5.74, 6) is -1.43. The molecule has 1 amide bonds. The normalized spacial score (nSPS) is 19.5. The summed E-state index contributed by atoms with van der Waals surface area (Å²) in [6.07, 6.45) is 0. The minimum atomic E-state index is -0.679. The number of aromatic hydroxyl groups is 1. The number of halogens is 1. The molecule has 1 saturated heterocycles. The van der Waals surface area contributed by atoms with Crippen LogP contribution in [0.2, 0.25) is 0 Å². The monoisotopic (exact) mass is 266 g/mol. The topological polar surface area (TPSA) is 43.8 Å². The summed E-state index contributed by atoms with van der Waals surface area (Å²) in [5, 5.41) is 9.68. The van der Waals surface area contributed by atoms with E-state index in [1.54, 1.807) is 4.90 Å². The van der Waals surface area contributed by atoms with Crippen LogP contribution in [0.1, 0.15) is 24.2 Å². The molecule has 0 radical (unpaired) electrons. The average Bonchev–Trinajstić information content (AvgIpc) is 2.32. The van der Waals surface area contributed by atoms with Gasteiger partial charge in [0.2, 0.25) is 0 Å². The van der Waals surface area contributed by atoms with Gasteiger partial charge in [-0.3, -0.25) is 9.69 Å². The highest BCUT2D eigenvalue weighted by Gasteiger charge is 2.34. The Morgan fingerprint density at radius 1 is 1.37 bits per heavy atom. The fourth-order valence-electron chi connectivity index (χ4n) is 2.30. The number of nitrogens with zero attached hydrogens (tertiary/aromatic N) is 2. The number of phenolic OH excluding ortho intramolecular Hbond substituents is 1. The number of phenols is 1. The second-order valence-electron chi connectivity index (χ2n) is 5.59. The zero-order valence-corrected chi connectivity index (χ0v) is 11.5. The van der Waals surface area contributed by atoms with Gasteiger partial charge in [0.25, 0.3) is 5.91 Å². The summed E-state index contributed by atoms with van der Waals surface area (Å²) in [4.78, 5) is 16.1. The lowest BCUT2D eigenvalue weighted by molar-refractivity contribution is 0.0306. The van der Waals surface area contributed by atoms with Gasteiger partial charge in [-0.25, -0.2) is 4.39 Å². The van der Waals surface area contributed by atoms with E-state index in [-0.39, 0.29) is 16.9 Å². The third-order valence-corrected chi connectivity index (χ3v) is 3.81. The molecule has 0 aliphatic carbocycles. The van der Waals surface area contributed by atoms with Gasteiger partial charge in [0.1, 0.15) is 17.1 Å². The average molecular weight is 266 g/mol. The molecular weight excluding hydrogens is 247 g/mol. The summed E-state index contributed by atoms with van der Waals surface area (Å²) in [5.41, 5.74) is -0.391. The predicted octanol–water partition coefficient (Wildman–Crippen LogP) is 1.70. The van der Waals surface area contributed by atoms with E-state index in [4.69, 9.17) is 0 Å². The molecule has 2 rings (SSSR count). The zero-order chi connectivity index (χ0) is 14.2. The van der Waals surface area contributed by atoms with Crippen LogP contribution in [0.15, 0.2) is 18.2 Å². The Labute approximate surface area is 112 Å². The number of carbonyl (C=O) groups is 1. The van der Waals surface area contributed by atoms with E-state index in [1.807, 2.05) is 20.9 Å². The highest BCUT2D eigenvalue weighted by molar-refractivity contribution is 5.97. The van der Waals surface area contributed by atoms with Gasteiger partial charge in [-0.05, 0) is 33.0 Å².